The molecule has 0 atom stereocenters. The van der Waals surface area contributed by atoms with E-state index in [2.05, 4.69) is 55.1 Å². The summed E-state index contributed by atoms with van der Waals surface area (Å²) < 4.78 is 5.58. The minimum Gasteiger partial charge on any atom is -0.496 e. The second kappa shape index (κ2) is 7.84. The van der Waals surface area contributed by atoms with Gasteiger partial charge < -0.3 is 9.64 Å². The van der Waals surface area contributed by atoms with Crippen LogP contribution in [0.1, 0.15) is 19.4 Å². The van der Waals surface area contributed by atoms with Crippen molar-refractivity contribution < 1.29 is 4.74 Å². The molecule has 0 heterocycles. The molecule has 0 radical (unpaired) electrons. The zero-order valence-electron chi connectivity index (χ0n) is 15.1. The minimum atomic E-state index is 0.841. The topological polar surface area (TPSA) is 24.8 Å². The Balaban J connectivity index is 1.95. The number of hydrogen-bond acceptors (Lipinski definition) is 3. The van der Waals surface area contributed by atoms with E-state index in [1.807, 2.05) is 30.5 Å². The van der Waals surface area contributed by atoms with Crippen LogP contribution in [0.4, 0.5) is 11.4 Å². The summed E-state index contributed by atoms with van der Waals surface area (Å²) in [5.41, 5.74) is 3.11. The summed E-state index contributed by atoms with van der Waals surface area (Å²) >= 11 is 0. The number of rotatable bonds is 6. The van der Waals surface area contributed by atoms with E-state index in [1.165, 1.54) is 11.1 Å². The fourth-order valence-electron chi connectivity index (χ4n) is 3.05. The van der Waals surface area contributed by atoms with Crippen molar-refractivity contribution in [2.75, 3.05) is 25.1 Å². The van der Waals surface area contributed by atoms with Gasteiger partial charge in [0.1, 0.15) is 5.75 Å². The molecular formula is C22H24N2O. The van der Waals surface area contributed by atoms with Crippen molar-refractivity contribution in [2.45, 2.75) is 13.8 Å². The zero-order chi connectivity index (χ0) is 17.6. The van der Waals surface area contributed by atoms with E-state index in [1.54, 1.807) is 7.11 Å². The maximum absolute atomic E-state index is 5.58. The number of anilines is 1. The fraction of sp³-hybridized carbons (Fsp3) is 0.227. The normalized spacial score (nSPS) is 11.2. The number of nitrogens with zero attached hydrogens (tertiary/aromatic N) is 2. The third kappa shape index (κ3) is 3.66. The van der Waals surface area contributed by atoms with E-state index < -0.39 is 0 Å². The maximum Gasteiger partial charge on any atom is 0.129 e. The van der Waals surface area contributed by atoms with E-state index in [0.717, 1.165) is 35.5 Å². The van der Waals surface area contributed by atoms with Crippen LogP contribution in [0.5, 0.6) is 5.75 Å². The molecule has 0 aromatic heterocycles. The number of hydrogen-bond donors (Lipinski definition) is 0. The van der Waals surface area contributed by atoms with Gasteiger partial charge in [-0.05, 0) is 37.4 Å². The van der Waals surface area contributed by atoms with Crippen LogP contribution in [0.25, 0.3) is 10.8 Å². The molecule has 128 valence electrons. The third-order valence-electron chi connectivity index (χ3n) is 4.45. The summed E-state index contributed by atoms with van der Waals surface area (Å²) in [6.45, 7) is 6.27. The van der Waals surface area contributed by atoms with Gasteiger partial charge in [0.15, 0.2) is 0 Å². The van der Waals surface area contributed by atoms with Crippen molar-refractivity contribution in [1.29, 1.82) is 0 Å². The lowest BCUT2D eigenvalue weighted by Crippen LogP contribution is -2.21. The van der Waals surface area contributed by atoms with Gasteiger partial charge in [0.05, 0.1) is 12.8 Å². The molecular weight excluding hydrogens is 308 g/mol. The molecule has 0 N–H and O–H groups in total. The van der Waals surface area contributed by atoms with Gasteiger partial charge >= 0.3 is 0 Å². The van der Waals surface area contributed by atoms with Gasteiger partial charge in [-0.2, -0.15) is 0 Å². The first kappa shape index (κ1) is 17.0. The Kier molecular flexibility index (Phi) is 5.34. The summed E-state index contributed by atoms with van der Waals surface area (Å²) in [5, 5.41) is 2.35. The van der Waals surface area contributed by atoms with Crippen LogP contribution in [-0.4, -0.2) is 26.4 Å². The van der Waals surface area contributed by atoms with Crippen molar-refractivity contribution in [3.05, 3.63) is 66.2 Å². The summed E-state index contributed by atoms with van der Waals surface area (Å²) in [7, 11) is 1.70. The Morgan fingerprint density at radius 3 is 2.48 bits per heavy atom. The minimum absolute atomic E-state index is 0.841. The van der Waals surface area contributed by atoms with Crippen LogP contribution in [0.3, 0.4) is 0 Å². The van der Waals surface area contributed by atoms with Crippen LogP contribution < -0.4 is 9.64 Å². The molecule has 0 aliphatic heterocycles. The molecule has 3 aromatic carbocycles. The van der Waals surface area contributed by atoms with Crippen molar-refractivity contribution in [3.63, 3.8) is 0 Å². The summed E-state index contributed by atoms with van der Waals surface area (Å²) in [6.07, 6.45) is 1.88. The SMILES string of the molecule is CCN(CC)c1ccc(C=Nc2cccc3ccccc23)c(OC)c1. The highest BCUT2D eigenvalue weighted by Crippen LogP contribution is 2.28. The molecule has 0 unspecified atom stereocenters. The number of ether oxygens (including phenoxy) is 1. The Labute approximate surface area is 149 Å². The number of aliphatic imine (C=N–C) groups is 1. The van der Waals surface area contributed by atoms with E-state index >= 15 is 0 Å². The molecule has 3 nitrogen and oxygen atoms in total. The standard InChI is InChI=1S/C22H24N2O/c1-4-24(5-2)19-14-13-18(22(15-19)25-3)16-23-21-12-8-10-17-9-6-7-11-20(17)21/h6-16H,4-5H2,1-3H3. The summed E-state index contributed by atoms with van der Waals surface area (Å²) in [6, 6.07) is 20.7. The Morgan fingerprint density at radius 1 is 0.960 bits per heavy atom. The first-order valence-electron chi connectivity index (χ1n) is 8.71. The van der Waals surface area contributed by atoms with Crippen molar-refractivity contribution in [2.24, 2.45) is 4.99 Å². The summed E-state index contributed by atoms with van der Waals surface area (Å²) in [5.74, 6) is 0.841. The quantitative estimate of drug-likeness (QED) is 0.561. The molecule has 3 aromatic rings. The second-order valence-electron chi connectivity index (χ2n) is 5.86. The fourth-order valence-corrected chi connectivity index (χ4v) is 3.05. The van der Waals surface area contributed by atoms with Gasteiger partial charge in [0, 0.05) is 42.0 Å². The van der Waals surface area contributed by atoms with Gasteiger partial charge in [-0.1, -0.05) is 36.4 Å². The Hall–Kier alpha value is -2.81. The monoisotopic (exact) mass is 332 g/mol. The molecule has 0 saturated heterocycles. The lowest BCUT2D eigenvalue weighted by molar-refractivity contribution is 0.414. The van der Waals surface area contributed by atoms with Crippen LogP contribution in [0, 0.1) is 0 Å². The summed E-state index contributed by atoms with van der Waals surface area (Å²) in [4.78, 5) is 7.01. The van der Waals surface area contributed by atoms with Crippen LogP contribution >= 0.6 is 0 Å². The largest absolute Gasteiger partial charge is 0.496 e. The Morgan fingerprint density at radius 2 is 1.72 bits per heavy atom. The van der Waals surface area contributed by atoms with E-state index in [9.17, 15) is 0 Å². The lowest BCUT2D eigenvalue weighted by Gasteiger charge is -2.22. The molecule has 3 rings (SSSR count). The maximum atomic E-state index is 5.58. The van der Waals surface area contributed by atoms with E-state index in [-0.39, 0.29) is 0 Å². The average Bonchev–Trinajstić information content (AvgIpc) is 2.67. The highest BCUT2D eigenvalue weighted by Gasteiger charge is 2.07. The molecule has 0 aliphatic carbocycles. The van der Waals surface area contributed by atoms with Gasteiger partial charge in [-0.25, -0.2) is 0 Å². The average molecular weight is 332 g/mol. The van der Waals surface area contributed by atoms with Gasteiger partial charge in [-0.15, -0.1) is 0 Å². The van der Waals surface area contributed by atoms with E-state index in [0.29, 0.717) is 0 Å². The molecule has 3 heteroatoms. The number of methoxy groups -OCH3 is 1. The Bertz CT molecular complexity index is 877. The van der Waals surface area contributed by atoms with Crippen molar-refractivity contribution in [3.8, 4) is 5.75 Å². The van der Waals surface area contributed by atoms with Crippen molar-refractivity contribution in [1.82, 2.24) is 0 Å². The predicted octanol–water partition coefficient (Wildman–Crippen LogP) is 5.45. The highest BCUT2D eigenvalue weighted by atomic mass is 16.5. The predicted molar refractivity (Wildman–Crippen MR) is 108 cm³/mol. The second-order valence-corrected chi connectivity index (χ2v) is 5.86. The van der Waals surface area contributed by atoms with Crippen LogP contribution in [-0.2, 0) is 0 Å². The van der Waals surface area contributed by atoms with Crippen molar-refractivity contribution >= 4 is 28.4 Å². The molecule has 0 spiro atoms. The first-order chi connectivity index (χ1) is 12.3. The van der Waals surface area contributed by atoms with E-state index in [4.69, 9.17) is 9.73 Å². The number of fused-ring (bicyclic) bond motifs is 1. The smallest absolute Gasteiger partial charge is 0.129 e. The third-order valence-corrected chi connectivity index (χ3v) is 4.45. The molecule has 25 heavy (non-hydrogen) atoms. The molecule has 0 saturated carbocycles. The van der Waals surface area contributed by atoms with Crippen LogP contribution in [0.2, 0.25) is 0 Å². The first-order valence-corrected chi connectivity index (χ1v) is 8.71. The van der Waals surface area contributed by atoms with Gasteiger partial charge in [0.25, 0.3) is 0 Å². The van der Waals surface area contributed by atoms with Gasteiger partial charge in [-0.3, -0.25) is 4.99 Å². The molecule has 0 fully saturated rings. The van der Waals surface area contributed by atoms with Crippen LogP contribution in [0.15, 0.2) is 65.7 Å². The molecule has 0 aliphatic rings. The highest BCUT2D eigenvalue weighted by molar-refractivity contribution is 5.96. The molecule has 0 bridgehead atoms. The number of benzene rings is 3. The van der Waals surface area contributed by atoms with Gasteiger partial charge in [0.2, 0.25) is 0 Å². The molecule has 0 amide bonds. The lowest BCUT2D eigenvalue weighted by atomic mass is 10.1. The zero-order valence-corrected chi connectivity index (χ0v) is 15.1.